The molecule has 0 aromatic heterocycles. The van der Waals surface area contributed by atoms with Crippen molar-refractivity contribution < 1.29 is 4.74 Å². The molecule has 1 heterocycles. The van der Waals surface area contributed by atoms with Crippen LogP contribution in [0.4, 0.5) is 11.4 Å². The molecule has 1 aliphatic heterocycles. The van der Waals surface area contributed by atoms with Crippen LogP contribution >= 0.6 is 0 Å². The van der Waals surface area contributed by atoms with Crippen molar-refractivity contribution in [2.75, 3.05) is 37.5 Å². The summed E-state index contributed by atoms with van der Waals surface area (Å²) in [5.41, 5.74) is 6.62. The van der Waals surface area contributed by atoms with Crippen LogP contribution in [0, 0.1) is 0 Å². The van der Waals surface area contributed by atoms with Crippen molar-refractivity contribution in [3.05, 3.63) is 89.5 Å². The number of rotatable bonds is 4. The summed E-state index contributed by atoms with van der Waals surface area (Å²) < 4.78 is 5.34. The first-order chi connectivity index (χ1) is 13.2. The minimum Gasteiger partial charge on any atom is -0.497 e. The van der Waals surface area contributed by atoms with Gasteiger partial charge >= 0.3 is 0 Å². The van der Waals surface area contributed by atoms with Gasteiger partial charge in [-0.25, -0.2) is 0 Å². The molecule has 3 aromatic carbocycles. The zero-order chi connectivity index (χ0) is 18.8. The van der Waals surface area contributed by atoms with E-state index in [2.05, 4.69) is 84.6 Å². The van der Waals surface area contributed by atoms with Crippen molar-refractivity contribution in [3.8, 4) is 5.75 Å². The van der Waals surface area contributed by atoms with E-state index >= 15 is 0 Å². The fourth-order valence-corrected chi connectivity index (χ4v) is 3.93. The number of methoxy groups -OCH3 is 1. The highest BCUT2D eigenvalue weighted by molar-refractivity contribution is 5.58. The second kappa shape index (κ2) is 7.36. The molecular weight excluding hydrogens is 332 g/mol. The van der Waals surface area contributed by atoms with Crippen molar-refractivity contribution in [2.24, 2.45) is 0 Å². The van der Waals surface area contributed by atoms with E-state index in [4.69, 9.17) is 4.74 Å². The Bertz CT molecular complexity index is 900. The molecule has 0 amide bonds. The topological polar surface area (TPSA) is 15.7 Å². The lowest BCUT2D eigenvalue weighted by Crippen LogP contribution is -2.36. The standard InChI is InChI=1S/C24H26N2O/c1-25(2)20-10-8-19(9-11-20)24-23-7-5-4-6-18(23)16-17-26(24)21-12-14-22(27-3)15-13-21/h4-15,24H,16-17H2,1-3H3. The first-order valence-electron chi connectivity index (χ1n) is 9.43. The normalized spacial score (nSPS) is 16.0. The Morgan fingerprint density at radius 2 is 1.59 bits per heavy atom. The molecule has 138 valence electrons. The Morgan fingerprint density at radius 1 is 0.889 bits per heavy atom. The average molecular weight is 358 g/mol. The lowest BCUT2D eigenvalue weighted by Gasteiger charge is -2.39. The summed E-state index contributed by atoms with van der Waals surface area (Å²) >= 11 is 0. The number of anilines is 2. The maximum atomic E-state index is 5.34. The highest BCUT2D eigenvalue weighted by Crippen LogP contribution is 2.39. The Morgan fingerprint density at radius 3 is 2.26 bits per heavy atom. The summed E-state index contributed by atoms with van der Waals surface area (Å²) in [6.07, 6.45) is 1.06. The Kier molecular flexibility index (Phi) is 4.76. The smallest absolute Gasteiger partial charge is 0.119 e. The van der Waals surface area contributed by atoms with Gasteiger partial charge in [-0.1, -0.05) is 36.4 Å². The summed E-state index contributed by atoms with van der Waals surface area (Å²) in [4.78, 5) is 4.65. The predicted molar refractivity (Wildman–Crippen MR) is 113 cm³/mol. The molecule has 1 aliphatic rings. The van der Waals surface area contributed by atoms with Crippen LogP contribution in [0.5, 0.6) is 5.75 Å². The zero-order valence-electron chi connectivity index (χ0n) is 16.2. The van der Waals surface area contributed by atoms with Gasteiger partial charge in [0.25, 0.3) is 0 Å². The third-order valence-corrected chi connectivity index (χ3v) is 5.41. The van der Waals surface area contributed by atoms with Gasteiger partial charge in [-0.2, -0.15) is 0 Å². The number of ether oxygens (including phenoxy) is 1. The van der Waals surface area contributed by atoms with E-state index in [0.29, 0.717) is 0 Å². The van der Waals surface area contributed by atoms with Gasteiger partial charge < -0.3 is 14.5 Å². The molecule has 0 N–H and O–H groups in total. The van der Waals surface area contributed by atoms with Crippen molar-refractivity contribution in [2.45, 2.75) is 12.5 Å². The van der Waals surface area contributed by atoms with Crippen LogP contribution in [-0.4, -0.2) is 27.7 Å². The molecule has 3 aromatic rings. The lowest BCUT2D eigenvalue weighted by atomic mass is 9.87. The van der Waals surface area contributed by atoms with Crippen molar-refractivity contribution in [1.29, 1.82) is 0 Å². The highest BCUT2D eigenvalue weighted by atomic mass is 16.5. The van der Waals surface area contributed by atoms with Crippen molar-refractivity contribution >= 4 is 11.4 Å². The maximum absolute atomic E-state index is 5.34. The van der Waals surface area contributed by atoms with Crippen molar-refractivity contribution in [3.63, 3.8) is 0 Å². The molecule has 0 saturated heterocycles. The van der Waals surface area contributed by atoms with Crippen LogP contribution in [0.1, 0.15) is 22.7 Å². The summed E-state index contributed by atoms with van der Waals surface area (Å²) in [5.74, 6) is 0.892. The second-order valence-electron chi connectivity index (χ2n) is 7.23. The number of nitrogens with zero attached hydrogens (tertiary/aromatic N) is 2. The Labute approximate surface area is 161 Å². The fraction of sp³-hybridized carbons (Fsp3) is 0.250. The van der Waals surface area contributed by atoms with Gasteiger partial charge in [0.15, 0.2) is 0 Å². The number of hydrogen-bond acceptors (Lipinski definition) is 3. The van der Waals surface area contributed by atoms with Crippen LogP contribution < -0.4 is 14.5 Å². The van der Waals surface area contributed by atoms with Gasteiger partial charge in [0.05, 0.1) is 13.2 Å². The highest BCUT2D eigenvalue weighted by Gasteiger charge is 2.28. The van der Waals surface area contributed by atoms with Gasteiger partial charge in [0, 0.05) is 32.0 Å². The number of fused-ring (bicyclic) bond motifs is 1. The van der Waals surface area contributed by atoms with Crippen LogP contribution in [0.3, 0.4) is 0 Å². The summed E-state index contributed by atoms with van der Waals surface area (Å²) in [6.45, 7) is 1.00. The van der Waals surface area contributed by atoms with Crippen LogP contribution in [0.2, 0.25) is 0 Å². The van der Waals surface area contributed by atoms with Gasteiger partial charge in [0.2, 0.25) is 0 Å². The summed E-state index contributed by atoms with van der Waals surface area (Å²) in [6, 6.07) is 26.4. The quantitative estimate of drug-likeness (QED) is 0.659. The largest absolute Gasteiger partial charge is 0.497 e. The Hall–Kier alpha value is -2.94. The molecule has 27 heavy (non-hydrogen) atoms. The molecule has 0 saturated carbocycles. The SMILES string of the molecule is COc1ccc(N2CCc3ccccc3C2c2ccc(N(C)C)cc2)cc1. The molecule has 0 bridgehead atoms. The van der Waals surface area contributed by atoms with Gasteiger partial charge in [0.1, 0.15) is 5.75 Å². The van der Waals surface area contributed by atoms with Gasteiger partial charge in [-0.15, -0.1) is 0 Å². The maximum Gasteiger partial charge on any atom is 0.119 e. The minimum absolute atomic E-state index is 0.222. The monoisotopic (exact) mass is 358 g/mol. The third kappa shape index (κ3) is 3.37. The third-order valence-electron chi connectivity index (χ3n) is 5.41. The van der Waals surface area contributed by atoms with Crippen molar-refractivity contribution in [1.82, 2.24) is 0 Å². The lowest BCUT2D eigenvalue weighted by molar-refractivity contribution is 0.414. The first-order valence-corrected chi connectivity index (χ1v) is 9.43. The summed E-state index contributed by atoms with van der Waals surface area (Å²) in [5, 5.41) is 0. The van der Waals surface area contributed by atoms with E-state index < -0.39 is 0 Å². The molecule has 1 unspecified atom stereocenters. The van der Waals surface area contributed by atoms with E-state index in [0.717, 1.165) is 18.7 Å². The van der Waals surface area contributed by atoms with Crippen LogP contribution in [0.15, 0.2) is 72.8 Å². The molecule has 4 rings (SSSR count). The fourth-order valence-electron chi connectivity index (χ4n) is 3.93. The molecule has 3 heteroatoms. The van der Waals surface area contributed by atoms with E-state index in [-0.39, 0.29) is 6.04 Å². The molecule has 0 aliphatic carbocycles. The first kappa shape index (κ1) is 17.5. The molecule has 0 spiro atoms. The minimum atomic E-state index is 0.222. The van der Waals surface area contributed by atoms with E-state index in [1.165, 1.54) is 28.1 Å². The Balaban J connectivity index is 1.78. The second-order valence-corrected chi connectivity index (χ2v) is 7.23. The number of hydrogen-bond donors (Lipinski definition) is 0. The van der Waals surface area contributed by atoms with Gasteiger partial charge in [-0.05, 0) is 59.5 Å². The van der Waals surface area contributed by atoms with E-state index in [1.54, 1.807) is 7.11 Å². The van der Waals surface area contributed by atoms with Gasteiger partial charge in [-0.3, -0.25) is 0 Å². The molecule has 0 radical (unpaired) electrons. The predicted octanol–water partition coefficient (Wildman–Crippen LogP) is 4.91. The molecule has 1 atom stereocenters. The number of benzene rings is 3. The zero-order valence-corrected chi connectivity index (χ0v) is 16.2. The van der Waals surface area contributed by atoms with E-state index in [9.17, 15) is 0 Å². The molecule has 3 nitrogen and oxygen atoms in total. The van der Waals surface area contributed by atoms with Crippen LogP contribution in [-0.2, 0) is 6.42 Å². The van der Waals surface area contributed by atoms with E-state index in [1.807, 2.05) is 12.1 Å². The van der Waals surface area contributed by atoms with Crippen LogP contribution in [0.25, 0.3) is 0 Å². The average Bonchev–Trinajstić information content (AvgIpc) is 2.73. The molecule has 0 fully saturated rings. The summed E-state index contributed by atoms with van der Waals surface area (Å²) in [7, 11) is 5.87. The molecular formula is C24H26N2O.